The number of rotatable bonds is 3. The summed E-state index contributed by atoms with van der Waals surface area (Å²) in [6, 6.07) is 2.93. The Kier molecular flexibility index (Phi) is 5.87. The number of hydrogen-bond acceptors (Lipinski definition) is 1. The highest BCUT2D eigenvalue weighted by molar-refractivity contribution is 4.93. The van der Waals surface area contributed by atoms with Crippen LogP contribution in [-0.2, 0) is 0 Å². The van der Waals surface area contributed by atoms with Gasteiger partial charge in [-0.2, -0.15) is 0 Å². The Morgan fingerprint density at radius 3 is 2.45 bits per heavy atom. The maximum Gasteiger partial charge on any atom is 0.278 e. The van der Waals surface area contributed by atoms with Crippen molar-refractivity contribution in [2.45, 2.75) is 27.2 Å². The Bertz CT molecular complexity index is 143. The lowest BCUT2D eigenvalue weighted by Gasteiger charge is -2.04. The normalized spacial score (nSPS) is 12.5. The van der Waals surface area contributed by atoms with E-state index in [1.165, 1.54) is 0 Å². The molecule has 0 aromatic carbocycles. The molecule has 1 unspecified atom stereocenters. The second-order valence-electron chi connectivity index (χ2n) is 3.11. The van der Waals surface area contributed by atoms with E-state index in [1.54, 1.807) is 0 Å². The van der Waals surface area contributed by atoms with Crippen LogP contribution in [0.15, 0.2) is 0 Å². The Morgan fingerprint density at radius 2 is 2.09 bits per heavy atom. The molecule has 0 aliphatic rings. The highest BCUT2D eigenvalue weighted by atomic mass is 16.3. The van der Waals surface area contributed by atoms with Crippen LogP contribution in [0.5, 0.6) is 0 Å². The minimum Gasteiger partial charge on any atom is -0.395 e. The third kappa shape index (κ3) is 5.87. The number of hydrogen-bond donors (Lipinski definition) is 1. The topological polar surface area (TPSA) is 24.6 Å². The summed E-state index contributed by atoms with van der Waals surface area (Å²) < 4.78 is 0. The van der Waals surface area contributed by atoms with E-state index in [9.17, 15) is 0 Å². The van der Waals surface area contributed by atoms with E-state index in [0.717, 1.165) is 13.0 Å². The molecule has 0 rings (SSSR count). The van der Waals surface area contributed by atoms with Crippen molar-refractivity contribution < 1.29 is 5.11 Å². The molecule has 2 nitrogen and oxygen atoms in total. The smallest absolute Gasteiger partial charge is 0.278 e. The van der Waals surface area contributed by atoms with E-state index in [4.69, 9.17) is 5.11 Å². The molecule has 64 valence electrons. The van der Waals surface area contributed by atoms with E-state index >= 15 is 0 Å². The minimum atomic E-state index is 0.134. The van der Waals surface area contributed by atoms with Crippen LogP contribution in [0.2, 0.25) is 0 Å². The van der Waals surface area contributed by atoms with Gasteiger partial charge in [0, 0.05) is 6.92 Å². The SMILES string of the molecule is CC[N+]#CC(CO)CC(C)C. The van der Waals surface area contributed by atoms with Crippen molar-refractivity contribution in [2.75, 3.05) is 13.2 Å². The van der Waals surface area contributed by atoms with Crippen molar-refractivity contribution in [1.82, 2.24) is 0 Å². The summed E-state index contributed by atoms with van der Waals surface area (Å²) in [6.07, 6.45) is 0.972. The molecule has 0 aliphatic carbocycles. The van der Waals surface area contributed by atoms with Crippen molar-refractivity contribution in [3.05, 3.63) is 4.85 Å². The maximum absolute atomic E-state index is 8.88. The van der Waals surface area contributed by atoms with Gasteiger partial charge in [0.05, 0.1) is 6.61 Å². The molecule has 0 aromatic rings. The van der Waals surface area contributed by atoms with E-state index in [2.05, 4.69) is 24.8 Å². The molecule has 0 heterocycles. The van der Waals surface area contributed by atoms with Crippen molar-refractivity contribution in [3.63, 3.8) is 0 Å². The minimum absolute atomic E-state index is 0.134. The summed E-state index contributed by atoms with van der Waals surface area (Å²) in [5.41, 5.74) is 0. The van der Waals surface area contributed by atoms with Gasteiger partial charge in [0.15, 0.2) is 0 Å². The van der Waals surface area contributed by atoms with Gasteiger partial charge in [-0.05, 0) is 12.3 Å². The zero-order valence-corrected chi connectivity index (χ0v) is 7.67. The molecular weight excluding hydrogens is 138 g/mol. The number of aliphatic hydroxyl groups excluding tert-OH is 1. The summed E-state index contributed by atoms with van der Waals surface area (Å²) in [5, 5.41) is 8.88. The quantitative estimate of drug-likeness (QED) is 0.664. The van der Waals surface area contributed by atoms with Gasteiger partial charge in [-0.25, -0.2) is 0 Å². The van der Waals surface area contributed by atoms with E-state index in [0.29, 0.717) is 5.92 Å². The van der Waals surface area contributed by atoms with Gasteiger partial charge >= 0.3 is 0 Å². The Hall–Kier alpha value is -0.550. The van der Waals surface area contributed by atoms with E-state index in [-0.39, 0.29) is 12.5 Å². The summed E-state index contributed by atoms with van der Waals surface area (Å²) >= 11 is 0. The fraction of sp³-hybridized carbons (Fsp3) is 0.889. The van der Waals surface area contributed by atoms with Gasteiger partial charge in [-0.15, -0.1) is 0 Å². The van der Waals surface area contributed by atoms with Crippen molar-refractivity contribution in [3.8, 4) is 6.07 Å². The van der Waals surface area contributed by atoms with Gasteiger partial charge in [0.25, 0.3) is 12.6 Å². The predicted molar refractivity (Wildman–Crippen MR) is 47.8 cm³/mol. The lowest BCUT2D eigenvalue weighted by molar-refractivity contribution is 0.240. The zero-order valence-electron chi connectivity index (χ0n) is 7.67. The molecule has 0 fully saturated rings. The molecular formula is C9H18NO+. The van der Waals surface area contributed by atoms with Crippen LogP contribution in [0.4, 0.5) is 0 Å². The van der Waals surface area contributed by atoms with Crippen LogP contribution in [-0.4, -0.2) is 18.3 Å². The monoisotopic (exact) mass is 156 g/mol. The average Bonchev–Trinajstić information content (AvgIpc) is 1.97. The van der Waals surface area contributed by atoms with Crippen molar-refractivity contribution in [2.24, 2.45) is 11.8 Å². The van der Waals surface area contributed by atoms with Crippen LogP contribution < -0.4 is 0 Å². The highest BCUT2D eigenvalue weighted by Crippen LogP contribution is 2.09. The summed E-state index contributed by atoms with van der Waals surface area (Å²) in [7, 11) is 0. The summed E-state index contributed by atoms with van der Waals surface area (Å²) in [6.45, 7) is 7.17. The summed E-state index contributed by atoms with van der Waals surface area (Å²) in [5.74, 6) is 0.738. The van der Waals surface area contributed by atoms with E-state index in [1.807, 2.05) is 6.92 Å². The van der Waals surface area contributed by atoms with Crippen LogP contribution in [0.1, 0.15) is 27.2 Å². The standard InChI is InChI=1S/C9H18NO/c1-4-10-6-9(7-11)5-8(2)3/h8-9,11H,4-5,7H2,1-3H3/q+1. The largest absolute Gasteiger partial charge is 0.395 e. The van der Waals surface area contributed by atoms with Crippen molar-refractivity contribution >= 4 is 0 Å². The van der Waals surface area contributed by atoms with Gasteiger partial charge in [-0.3, -0.25) is 0 Å². The first-order chi connectivity index (χ1) is 5.20. The molecule has 2 heteroatoms. The second-order valence-corrected chi connectivity index (χ2v) is 3.11. The lowest BCUT2D eigenvalue weighted by Crippen LogP contribution is -2.06. The predicted octanol–water partition coefficient (Wildman–Crippen LogP) is 1.99. The van der Waals surface area contributed by atoms with E-state index < -0.39 is 0 Å². The third-order valence-electron chi connectivity index (χ3n) is 1.41. The molecule has 0 saturated heterocycles. The highest BCUT2D eigenvalue weighted by Gasteiger charge is 2.11. The molecule has 0 aliphatic heterocycles. The maximum atomic E-state index is 8.88. The lowest BCUT2D eigenvalue weighted by atomic mass is 9.99. The average molecular weight is 156 g/mol. The number of aliphatic hydroxyl groups is 1. The molecule has 1 atom stereocenters. The molecule has 0 saturated carbocycles. The molecule has 0 bridgehead atoms. The van der Waals surface area contributed by atoms with Crippen LogP contribution >= 0.6 is 0 Å². The van der Waals surface area contributed by atoms with Gasteiger partial charge in [0.2, 0.25) is 0 Å². The first-order valence-electron chi connectivity index (χ1n) is 4.23. The second kappa shape index (κ2) is 6.18. The molecule has 11 heavy (non-hydrogen) atoms. The van der Waals surface area contributed by atoms with Crippen LogP contribution in [0, 0.1) is 17.9 Å². The summed E-state index contributed by atoms with van der Waals surface area (Å²) in [4.78, 5) is 3.99. The fourth-order valence-corrected chi connectivity index (χ4v) is 0.957. The molecule has 0 amide bonds. The van der Waals surface area contributed by atoms with Crippen LogP contribution in [0.3, 0.4) is 0 Å². The Balaban J connectivity index is 3.76. The molecule has 0 spiro atoms. The van der Waals surface area contributed by atoms with Gasteiger partial charge < -0.3 is 5.11 Å². The first-order valence-corrected chi connectivity index (χ1v) is 4.23. The van der Waals surface area contributed by atoms with Crippen LogP contribution in [0.25, 0.3) is 4.85 Å². The van der Waals surface area contributed by atoms with Gasteiger partial charge in [-0.1, -0.05) is 18.7 Å². The Morgan fingerprint density at radius 1 is 1.45 bits per heavy atom. The molecule has 0 aromatic heterocycles. The fourth-order valence-electron chi connectivity index (χ4n) is 0.957. The van der Waals surface area contributed by atoms with Crippen molar-refractivity contribution in [1.29, 1.82) is 0 Å². The zero-order chi connectivity index (χ0) is 8.69. The number of nitrogens with zero attached hydrogens (tertiary/aromatic N) is 1. The molecule has 0 radical (unpaired) electrons. The molecule has 1 N–H and O–H groups in total. The Labute approximate surface area is 69.1 Å². The first kappa shape index (κ1) is 10.4. The van der Waals surface area contributed by atoms with Gasteiger partial charge in [0.1, 0.15) is 5.92 Å². The third-order valence-corrected chi connectivity index (χ3v) is 1.41.